The molecule has 0 spiro atoms. The Hall–Kier alpha value is -1.85. The smallest absolute Gasteiger partial charge is 0.311 e. The number of aliphatic hydroxyl groups excluding tert-OH is 1. The predicted octanol–water partition coefficient (Wildman–Crippen LogP) is 7.36. The van der Waals surface area contributed by atoms with Gasteiger partial charge in [-0.05, 0) is 126 Å². The first-order chi connectivity index (χ1) is 30.9. The van der Waals surface area contributed by atoms with Gasteiger partial charge in [-0.3, -0.25) is 4.79 Å². The van der Waals surface area contributed by atoms with Crippen LogP contribution in [0.15, 0.2) is 41.6 Å². The van der Waals surface area contributed by atoms with Crippen LogP contribution in [0.3, 0.4) is 0 Å². The number of ether oxygens (including phenoxy) is 6. The summed E-state index contributed by atoms with van der Waals surface area (Å²) >= 11 is 0. The SMILES string of the molecule is CC[C@H]1OC(=O)[C@H](C)[C@@H](O[C@H]2C[C@@](C)(OC)[C@@H](O[Si](C)(C)C)[C@H](C)O2)[C@H](C)[C@@H](O[C@@H]2O[C@H](C)C[C@H](N(C)C)[C@H]2O[Si](C)(C)C)[C@](C)(O)C[C@H](C)/C(=N\OC2C=CC=CC=C2)[C@H](C)[C@@H](O)[C@]1(C)O. The highest BCUT2D eigenvalue weighted by Crippen LogP contribution is 2.42. The summed E-state index contributed by atoms with van der Waals surface area (Å²) in [6, 6.07) is -0.0754. The van der Waals surface area contributed by atoms with E-state index in [2.05, 4.69) is 49.3 Å². The van der Waals surface area contributed by atoms with Crippen molar-refractivity contribution in [3.63, 3.8) is 0 Å². The van der Waals surface area contributed by atoms with Crippen molar-refractivity contribution < 1.29 is 62.2 Å². The number of oxime groups is 1. The fourth-order valence-electron chi connectivity index (χ4n) is 10.4. The lowest BCUT2D eigenvalue weighted by Gasteiger charge is -2.51. The van der Waals surface area contributed by atoms with Gasteiger partial charge in [0, 0.05) is 37.3 Å². The maximum Gasteiger partial charge on any atom is 0.311 e. The van der Waals surface area contributed by atoms with E-state index in [9.17, 15) is 20.1 Å². The molecule has 3 heterocycles. The van der Waals surface area contributed by atoms with Gasteiger partial charge in [-0.1, -0.05) is 57.2 Å². The number of nitrogens with zero attached hydrogens (tertiary/aromatic N) is 2. The summed E-state index contributed by atoms with van der Waals surface area (Å²) in [6.45, 7) is 31.0. The van der Waals surface area contributed by atoms with Gasteiger partial charge >= 0.3 is 5.97 Å². The molecule has 0 aromatic heterocycles. The molecule has 3 saturated heterocycles. The molecule has 0 amide bonds. The number of aliphatic hydroxyl groups is 3. The zero-order chi connectivity index (χ0) is 50.6. The van der Waals surface area contributed by atoms with Gasteiger partial charge in [-0.2, -0.15) is 0 Å². The second-order valence-electron chi connectivity index (χ2n) is 22.7. The van der Waals surface area contributed by atoms with E-state index in [1.807, 2.05) is 85.2 Å². The fourth-order valence-corrected chi connectivity index (χ4v) is 12.7. The summed E-state index contributed by atoms with van der Waals surface area (Å²) in [5.74, 6) is -3.81. The van der Waals surface area contributed by atoms with Crippen LogP contribution >= 0.6 is 0 Å². The highest BCUT2D eigenvalue weighted by Gasteiger charge is 2.54. The lowest BCUT2D eigenvalue weighted by atomic mass is 9.73. The summed E-state index contributed by atoms with van der Waals surface area (Å²) in [5.41, 5.74) is -4.06. The second-order valence-corrected chi connectivity index (χ2v) is 31.6. The lowest BCUT2D eigenvalue weighted by molar-refractivity contribution is -0.315. The Labute approximate surface area is 405 Å². The highest BCUT2D eigenvalue weighted by atomic mass is 28.4. The van der Waals surface area contributed by atoms with E-state index in [-0.39, 0.29) is 31.4 Å². The maximum absolute atomic E-state index is 14.7. The molecule has 3 fully saturated rings. The third-order valence-corrected chi connectivity index (χ3v) is 15.9. The summed E-state index contributed by atoms with van der Waals surface area (Å²) in [4.78, 5) is 23.0. The van der Waals surface area contributed by atoms with Crippen molar-refractivity contribution in [1.82, 2.24) is 4.90 Å². The molecule has 15 nitrogen and oxygen atoms in total. The van der Waals surface area contributed by atoms with E-state index in [4.69, 9.17) is 42.1 Å². The molecule has 0 aromatic carbocycles. The van der Waals surface area contributed by atoms with Crippen LogP contribution in [-0.2, 0) is 46.9 Å². The molecule has 18 atom stereocenters. The molecule has 1 aliphatic carbocycles. The summed E-state index contributed by atoms with van der Waals surface area (Å²) in [5, 5.41) is 42.3. The number of hydrogen-bond donors (Lipinski definition) is 3. The standard InChI is InChI=1S/C50H90N2O13Si2/c1-20-38-50(10,56)43(53)32(4)40(51-63-36-25-23-21-22-24-26-36)30(2)28-48(8,55)44(62-47-42(64-66(14,15)16)37(52(11)12)27-31(3)58-47)33(5)41(34(6)46(54)60-38)61-39-29-49(9,57-13)45(35(7)59-39)65-67(17,18)19/h21-26,30-39,41-45,47,53,55-56H,20,27-29H2,1-19H3/b51-40+/t30-,31+,32-,33-,34+,35-,37-,38+,39-,41-,42+,43+,44+,45-,47-,48+,49+,50+/m0/s1. The maximum atomic E-state index is 14.7. The van der Waals surface area contributed by atoms with Crippen molar-refractivity contribution in [2.24, 2.45) is 28.8 Å². The largest absolute Gasteiger partial charge is 0.459 e. The lowest BCUT2D eigenvalue weighted by Crippen LogP contribution is -2.62. The minimum absolute atomic E-state index is 0.0530. The molecule has 17 heteroatoms. The van der Waals surface area contributed by atoms with Crippen molar-refractivity contribution >= 4 is 28.3 Å². The first-order valence-electron chi connectivity index (χ1n) is 24.6. The van der Waals surface area contributed by atoms with Gasteiger partial charge in [-0.25, -0.2) is 0 Å². The van der Waals surface area contributed by atoms with Gasteiger partial charge in [0.2, 0.25) is 0 Å². The van der Waals surface area contributed by atoms with E-state index in [1.165, 1.54) is 6.92 Å². The summed E-state index contributed by atoms with van der Waals surface area (Å²) in [7, 11) is 1.42. The Morgan fingerprint density at radius 3 is 1.96 bits per heavy atom. The number of likely N-dealkylation sites (N-methyl/N-ethyl adjacent to an activating group) is 1. The van der Waals surface area contributed by atoms with Crippen LogP contribution in [0, 0.1) is 23.7 Å². The normalized spacial score (nSPS) is 42.9. The van der Waals surface area contributed by atoms with Crippen LogP contribution in [0.4, 0.5) is 0 Å². The average molecular weight is 983 g/mol. The van der Waals surface area contributed by atoms with Crippen molar-refractivity contribution in [3.8, 4) is 0 Å². The number of cyclic esters (lactones) is 1. The Bertz CT molecular complexity index is 1710. The van der Waals surface area contributed by atoms with Gasteiger partial charge in [0.15, 0.2) is 35.3 Å². The average Bonchev–Trinajstić information content (AvgIpc) is 3.49. The zero-order valence-corrected chi connectivity index (χ0v) is 46.3. The molecule has 0 saturated carbocycles. The number of carbonyl (C=O) groups is 1. The van der Waals surface area contributed by atoms with Gasteiger partial charge in [-0.15, -0.1) is 0 Å². The van der Waals surface area contributed by atoms with Gasteiger partial charge in [0.05, 0.1) is 59.5 Å². The van der Waals surface area contributed by atoms with Crippen LogP contribution in [-0.4, -0.2) is 160 Å². The Kier molecular flexibility index (Phi) is 19.9. The molecule has 3 N–H and O–H groups in total. The third-order valence-electron chi connectivity index (χ3n) is 14.0. The van der Waals surface area contributed by atoms with Gasteiger partial charge in [0.1, 0.15) is 17.8 Å². The van der Waals surface area contributed by atoms with Crippen molar-refractivity contribution in [1.29, 1.82) is 0 Å². The van der Waals surface area contributed by atoms with E-state index in [0.717, 1.165) is 0 Å². The molecule has 0 radical (unpaired) electrons. The molecule has 67 heavy (non-hydrogen) atoms. The summed E-state index contributed by atoms with van der Waals surface area (Å²) in [6.07, 6.45) is 3.79. The second kappa shape index (κ2) is 23.1. The molecule has 4 aliphatic rings. The van der Waals surface area contributed by atoms with E-state index in [0.29, 0.717) is 12.1 Å². The first-order valence-corrected chi connectivity index (χ1v) is 31.4. The molecular weight excluding hydrogens is 893 g/mol. The highest BCUT2D eigenvalue weighted by molar-refractivity contribution is 6.70. The van der Waals surface area contributed by atoms with Crippen LogP contribution in [0.1, 0.15) is 94.9 Å². The quantitative estimate of drug-likeness (QED) is 0.0948. The monoisotopic (exact) mass is 983 g/mol. The molecule has 4 rings (SSSR count). The number of carbonyl (C=O) groups excluding carboxylic acids is 1. The van der Waals surface area contributed by atoms with Crippen LogP contribution < -0.4 is 0 Å². The van der Waals surface area contributed by atoms with Crippen molar-refractivity contribution in [2.45, 2.75) is 225 Å². The molecular formula is C50H90N2O13Si2. The number of hydrogen-bond acceptors (Lipinski definition) is 15. The van der Waals surface area contributed by atoms with Gasteiger partial charge in [0.25, 0.3) is 0 Å². The number of allylic oxidation sites excluding steroid dienone is 4. The number of esters is 1. The minimum atomic E-state index is -2.22. The molecule has 3 aliphatic heterocycles. The predicted molar refractivity (Wildman–Crippen MR) is 265 cm³/mol. The van der Waals surface area contributed by atoms with E-state index in [1.54, 1.807) is 34.8 Å². The third kappa shape index (κ3) is 14.9. The topological polar surface area (TPSA) is 176 Å². The van der Waals surface area contributed by atoms with Crippen LogP contribution in [0.25, 0.3) is 0 Å². The van der Waals surface area contributed by atoms with Crippen LogP contribution in [0.2, 0.25) is 39.3 Å². The van der Waals surface area contributed by atoms with Crippen LogP contribution in [0.5, 0.6) is 0 Å². The fraction of sp³-hybridized carbons (Fsp3) is 0.840. The van der Waals surface area contributed by atoms with E-state index >= 15 is 0 Å². The Balaban J connectivity index is 1.94. The Morgan fingerprint density at radius 1 is 0.821 bits per heavy atom. The van der Waals surface area contributed by atoms with Gasteiger partial charge < -0.3 is 62.3 Å². The minimum Gasteiger partial charge on any atom is -0.459 e. The molecule has 386 valence electrons. The molecule has 0 unspecified atom stereocenters. The van der Waals surface area contributed by atoms with Crippen molar-refractivity contribution in [3.05, 3.63) is 36.5 Å². The number of methoxy groups -OCH3 is 1. The Morgan fingerprint density at radius 2 is 1.42 bits per heavy atom. The first kappa shape index (κ1) is 57.7. The van der Waals surface area contributed by atoms with E-state index < -0.39 is 124 Å². The molecule has 0 aromatic rings. The summed E-state index contributed by atoms with van der Waals surface area (Å²) < 4.78 is 53.7. The number of rotatable bonds is 13. The molecule has 0 bridgehead atoms. The van der Waals surface area contributed by atoms with Crippen molar-refractivity contribution in [2.75, 3.05) is 21.2 Å². The zero-order valence-electron chi connectivity index (χ0n) is 44.3.